The molecule has 2 aliphatic heterocycles. The monoisotopic (exact) mass is 443 g/mol. The Hall–Kier alpha value is -2.91. The highest BCUT2D eigenvalue weighted by molar-refractivity contribution is 6.30. The van der Waals surface area contributed by atoms with Crippen LogP contribution >= 0.6 is 11.6 Å². The van der Waals surface area contributed by atoms with Crippen molar-refractivity contribution in [2.45, 2.75) is 37.8 Å². The van der Waals surface area contributed by atoms with Crippen molar-refractivity contribution >= 4 is 35.2 Å². The lowest BCUT2D eigenvalue weighted by Crippen LogP contribution is -2.31. The summed E-state index contributed by atoms with van der Waals surface area (Å²) in [6, 6.07) is 5.78. The highest BCUT2D eigenvalue weighted by Crippen LogP contribution is 2.31. The summed E-state index contributed by atoms with van der Waals surface area (Å²) in [7, 11) is 0. The van der Waals surface area contributed by atoms with Crippen molar-refractivity contribution in [2.24, 2.45) is 0 Å². The first-order valence-corrected chi connectivity index (χ1v) is 10.7. The molecular weight excluding hydrogens is 422 g/mol. The third-order valence-electron chi connectivity index (χ3n) is 5.76. The number of pyridine rings is 2. The lowest BCUT2D eigenvalue weighted by molar-refractivity contribution is -0.118. The zero-order valence-corrected chi connectivity index (χ0v) is 17.5. The quantitative estimate of drug-likeness (QED) is 0.521. The summed E-state index contributed by atoms with van der Waals surface area (Å²) in [6.45, 7) is 1.22. The minimum absolute atomic E-state index is 0.0350. The molecule has 2 amide bonds. The van der Waals surface area contributed by atoms with Crippen molar-refractivity contribution in [3.05, 3.63) is 40.7 Å². The normalized spacial score (nSPS) is 21.9. The number of nitrogens with zero attached hydrogens (tertiary/aromatic N) is 3. The van der Waals surface area contributed by atoms with E-state index in [4.69, 9.17) is 21.1 Å². The summed E-state index contributed by atoms with van der Waals surface area (Å²) in [5.41, 5.74) is 2.40. The Labute approximate surface area is 184 Å². The lowest BCUT2D eigenvalue weighted by atomic mass is 10.1. The summed E-state index contributed by atoms with van der Waals surface area (Å²) in [6.07, 6.45) is 4.60. The van der Waals surface area contributed by atoms with Crippen molar-refractivity contribution in [3.63, 3.8) is 0 Å². The molecule has 1 fully saturated rings. The van der Waals surface area contributed by atoms with Crippen molar-refractivity contribution in [3.8, 4) is 5.75 Å². The molecule has 2 aromatic rings. The summed E-state index contributed by atoms with van der Waals surface area (Å²) < 4.78 is 10.8. The smallest absolute Gasteiger partial charge is 0.415 e. The van der Waals surface area contributed by atoms with E-state index in [1.165, 1.54) is 10.5 Å². The predicted octanol–water partition coefficient (Wildman–Crippen LogP) is 2.32. The highest BCUT2D eigenvalue weighted by atomic mass is 35.5. The minimum Gasteiger partial charge on any atom is -0.480 e. The Bertz CT molecular complexity index is 1030. The van der Waals surface area contributed by atoms with Crippen LogP contribution in [-0.4, -0.2) is 53.8 Å². The third kappa shape index (κ3) is 4.15. The van der Waals surface area contributed by atoms with E-state index in [1.807, 2.05) is 6.07 Å². The van der Waals surface area contributed by atoms with Crippen LogP contribution in [0.2, 0.25) is 5.15 Å². The highest BCUT2D eigenvalue weighted by Gasteiger charge is 2.33. The average molecular weight is 444 g/mol. The van der Waals surface area contributed by atoms with Gasteiger partial charge in [-0.25, -0.2) is 14.8 Å². The Morgan fingerprint density at radius 3 is 3.03 bits per heavy atom. The van der Waals surface area contributed by atoms with Gasteiger partial charge in [0, 0.05) is 12.2 Å². The first-order chi connectivity index (χ1) is 15.1. The first-order valence-electron chi connectivity index (χ1n) is 10.3. The minimum atomic E-state index is -0.429. The maximum absolute atomic E-state index is 12.3. The maximum atomic E-state index is 12.3. The van der Waals surface area contributed by atoms with E-state index >= 15 is 0 Å². The number of nitrogens with one attached hydrogen (secondary N) is 2. The maximum Gasteiger partial charge on any atom is 0.415 e. The topological polar surface area (TPSA) is 106 Å². The SMILES string of the molecule is O=C1COc2ccc(N3CC(CCCNC4Cc5ccnc(Cl)c5C4)OC3=O)nc2N1. The number of hydrogen-bond acceptors (Lipinski definition) is 7. The summed E-state index contributed by atoms with van der Waals surface area (Å²) >= 11 is 6.18. The average Bonchev–Trinajstić information content (AvgIpc) is 3.34. The van der Waals surface area contributed by atoms with Crippen LogP contribution in [0.5, 0.6) is 5.75 Å². The number of rotatable bonds is 6. The number of carbonyl (C=O) groups is 2. The summed E-state index contributed by atoms with van der Waals surface area (Å²) in [5, 5.41) is 6.82. The zero-order valence-electron chi connectivity index (χ0n) is 16.8. The van der Waals surface area contributed by atoms with Gasteiger partial charge >= 0.3 is 6.09 Å². The molecule has 1 aliphatic carbocycles. The fraction of sp³-hybridized carbons (Fsp3) is 0.429. The van der Waals surface area contributed by atoms with Crippen LogP contribution in [0, 0.1) is 0 Å². The molecule has 3 aliphatic rings. The predicted molar refractivity (Wildman–Crippen MR) is 114 cm³/mol. The van der Waals surface area contributed by atoms with Crippen molar-refractivity contribution < 1.29 is 19.1 Å². The van der Waals surface area contributed by atoms with Gasteiger partial charge in [0.1, 0.15) is 17.1 Å². The zero-order chi connectivity index (χ0) is 21.4. The molecule has 0 radical (unpaired) electrons. The molecule has 0 spiro atoms. The molecule has 10 heteroatoms. The van der Waals surface area contributed by atoms with Crippen LogP contribution < -0.4 is 20.3 Å². The molecule has 162 valence electrons. The van der Waals surface area contributed by atoms with Crippen LogP contribution in [0.4, 0.5) is 16.4 Å². The number of amides is 2. The fourth-order valence-corrected chi connectivity index (χ4v) is 4.49. The molecular formula is C21H22ClN5O4. The Morgan fingerprint density at radius 2 is 2.16 bits per heavy atom. The third-order valence-corrected chi connectivity index (χ3v) is 6.09. The number of cyclic esters (lactones) is 1. The number of aromatic nitrogens is 2. The van der Waals surface area contributed by atoms with E-state index in [9.17, 15) is 9.59 Å². The van der Waals surface area contributed by atoms with E-state index in [-0.39, 0.29) is 18.6 Å². The largest absolute Gasteiger partial charge is 0.480 e. The Kier molecular flexibility index (Phi) is 5.37. The molecule has 9 nitrogen and oxygen atoms in total. The molecule has 0 aromatic carbocycles. The van der Waals surface area contributed by atoms with Crippen molar-refractivity contribution in [1.29, 1.82) is 0 Å². The number of anilines is 2. The van der Waals surface area contributed by atoms with Crippen LogP contribution in [0.1, 0.15) is 24.0 Å². The standard InChI is InChI=1S/C21H22ClN5O4/c22-19-15-9-13(8-12(15)5-7-24-19)23-6-1-2-14-10-27(21(29)31-14)17-4-3-16-20(25-17)26-18(28)11-30-16/h3-5,7,13-14,23H,1-2,6,8-11H2,(H,25,26,28). The molecule has 2 atom stereocenters. The van der Waals surface area contributed by atoms with Gasteiger partial charge < -0.3 is 20.1 Å². The number of carbonyl (C=O) groups excluding carboxylic acids is 2. The van der Waals surface area contributed by atoms with Crippen LogP contribution in [-0.2, 0) is 22.4 Å². The number of ether oxygens (including phenoxy) is 2. The van der Waals surface area contributed by atoms with Gasteiger partial charge in [-0.15, -0.1) is 0 Å². The second-order valence-electron chi connectivity index (χ2n) is 7.91. The van der Waals surface area contributed by atoms with Gasteiger partial charge in [0.25, 0.3) is 5.91 Å². The molecule has 2 unspecified atom stereocenters. The van der Waals surface area contributed by atoms with Crippen LogP contribution in [0.25, 0.3) is 0 Å². The van der Waals surface area contributed by atoms with Gasteiger partial charge in [-0.3, -0.25) is 9.69 Å². The fourth-order valence-electron chi connectivity index (χ4n) is 4.24. The molecule has 0 bridgehead atoms. The summed E-state index contributed by atoms with van der Waals surface area (Å²) in [4.78, 5) is 33.8. The number of hydrogen-bond donors (Lipinski definition) is 2. The molecule has 0 saturated carbocycles. The van der Waals surface area contributed by atoms with E-state index in [1.54, 1.807) is 18.3 Å². The van der Waals surface area contributed by atoms with Crippen molar-refractivity contribution in [2.75, 3.05) is 29.9 Å². The molecule has 4 heterocycles. The second-order valence-corrected chi connectivity index (χ2v) is 8.27. The molecule has 2 aromatic heterocycles. The molecule has 31 heavy (non-hydrogen) atoms. The summed E-state index contributed by atoms with van der Waals surface area (Å²) in [5.74, 6) is 0.978. The number of fused-ring (bicyclic) bond motifs is 2. The van der Waals surface area contributed by atoms with E-state index in [2.05, 4.69) is 20.6 Å². The van der Waals surface area contributed by atoms with Gasteiger partial charge in [0.2, 0.25) is 0 Å². The van der Waals surface area contributed by atoms with Gasteiger partial charge in [-0.05, 0) is 61.6 Å². The van der Waals surface area contributed by atoms with E-state index in [0.29, 0.717) is 35.1 Å². The molecule has 1 saturated heterocycles. The van der Waals surface area contributed by atoms with Crippen LogP contribution in [0.15, 0.2) is 24.4 Å². The first kappa shape index (κ1) is 20.0. The van der Waals surface area contributed by atoms with Gasteiger partial charge in [-0.2, -0.15) is 0 Å². The van der Waals surface area contributed by atoms with Gasteiger partial charge in [0.15, 0.2) is 18.2 Å². The number of halogens is 1. The Balaban J connectivity index is 1.10. The van der Waals surface area contributed by atoms with Gasteiger partial charge in [0.05, 0.1) is 6.54 Å². The Morgan fingerprint density at radius 1 is 1.26 bits per heavy atom. The van der Waals surface area contributed by atoms with Gasteiger partial charge in [-0.1, -0.05) is 11.6 Å². The lowest BCUT2D eigenvalue weighted by Gasteiger charge is -2.19. The van der Waals surface area contributed by atoms with Crippen LogP contribution in [0.3, 0.4) is 0 Å². The van der Waals surface area contributed by atoms with E-state index in [0.717, 1.165) is 37.8 Å². The van der Waals surface area contributed by atoms with E-state index < -0.39 is 6.09 Å². The molecule has 2 N–H and O–H groups in total. The van der Waals surface area contributed by atoms with Crippen molar-refractivity contribution in [1.82, 2.24) is 15.3 Å². The second kappa shape index (κ2) is 8.32. The molecule has 5 rings (SSSR count).